The molecule has 0 aliphatic carbocycles. The number of halogens is 1. The summed E-state index contributed by atoms with van der Waals surface area (Å²) in [5, 5.41) is 0. The van der Waals surface area contributed by atoms with Crippen molar-refractivity contribution in [2.45, 2.75) is 26.0 Å². The molecular formula is C31H27BrN2O5S. The van der Waals surface area contributed by atoms with E-state index in [1.54, 1.807) is 17.8 Å². The van der Waals surface area contributed by atoms with Gasteiger partial charge in [0.2, 0.25) is 0 Å². The molecule has 1 aliphatic rings. The molecule has 40 heavy (non-hydrogen) atoms. The van der Waals surface area contributed by atoms with E-state index in [1.165, 1.54) is 18.4 Å². The molecule has 0 fully saturated rings. The van der Waals surface area contributed by atoms with E-state index in [1.807, 2.05) is 79.7 Å². The molecule has 5 rings (SSSR count). The number of hydrogen-bond donors (Lipinski definition) is 0. The predicted molar refractivity (Wildman–Crippen MR) is 158 cm³/mol. The normalized spacial score (nSPS) is 14.9. The van der Waals surface area contributed by atoms with Gasteiger partial charge in [0.15, 0.2) is 16.3 Å². The van der Waals surface area contributed by atoms with Gasteiger partial charge in [-0.3, -0.25) is 9.36 Å². The SMILES string of the molecule is CCC1=C(C(=O)OC)[C@@H](c2ccccc2)n2c(s/c(=C\c3ccc(OCc4ccc(Br)cc4)c(OC)c3)c2=O)=N1. The first kappa shape index (κ1) is 27.6. The molecule has 4 aromatic rings. The summed E-state index contributed by atoms with van der Waals surface area (Å²) in [6.07, 6.45) is 2.33. The minimum absolute atomic E-state index is 0.233. The van der Waals surface area contributed by atoms with Crippen LogP contribution in [0.4, 0.5) is 0 Å². The van der Waals surface area contributed by atoms with E-state index in [2.05, 4.69) is 15.9 Å². The molecule has 3 aromatic carbocycles. The van der Waals surface area contributed by atoms with Crippen molar-refractivity contribution in [1.82, 2.24) is 4.57 Å². The van der Waals surface area contributed by atoms with Gasteiger partial charge in [0.05, 0.1) is 36.1 Å². The number of hydrogen-bond acceptors (Lipinski definition) is 7. The zero-order valence-corrected chi connectivity index (χ0v) is 24.6. The fraction of sp³-hybridized carbons (Fsp3) is 0.194. The minimum Gasteiger partial charge on any atom is -0.493 e. The fourth-order valence-corrected chi connectivity index (χ4v) is 5.89. The topological polar surface area (TPSA) is 79.1 Å². The van der Waals surface area contributed by atoms with Crippen molar-refractivity contribution < 1.29 is 19.0 Å². The molecule has 0 radical (unpaired) electrons. The Bertz CT molecular complexity index is 1760. The molecule has 1 aliphatic heterocycles. The lowest BCUT2D eigenvalue weighted by molar-refractivity contribution is -0.136. The molecule has 0 spiro atoms. The van der Waals surface area contributed by atoms with Gasteiger partial charge in [-0.1, -0.05) is 82.7 Å². The highest BCUT2D eigenvalue weighted by Crippen LogP contribution is 2.32. The largest absolute Gasteiger partial charge is 0.493 e. The first-order valence-corrected chi connectivity index (χ1v) is 14.3. The van der Waals surface area contributed by atoms with E-state index < -0.39 is 12.0 Å². The van der Waals surface area contributed by atoms with Crippen LogP contribution in [0.3, 0.4) is 0 Å². The number of aromatic nitrogens is 1. The van der Waals surface area contributed by atoms with Crippen LogP contribution in [0.5, 0.6) is 11.5 Å². The van der Waals surface area contributed by atoms with Crippen molar-refractivity contribution >= 4 is 39.3 Å². The Balaban J connectivity index is 1.55. The number of carbonyl (C=O) groups is 1. The number of carbonyl (C=O) groups excluding carboxylic acids is 1. The lowest BCUT2D eigenvalue weighted by Gasteiger charge is -2.25. The van der Waals surface area contributed by atoms with Crippen LogP contribution < -0.4 is 24.4 Å². The number of rotatable bonds is 8. The Hall–Kier alpha value is -3.95. The van der Waals surface area contributed by atoms with Crippen LogP contribution in [0.25, 0.3) is 6.08 Å². The molecule has 0 amide bonds. The van der Waals surface area contributed by atoms with Crippen LogP contribution in [-0.2, 0) is 16.1 Å². The summed E-state index contributed by atoms with van der Waals surface area (Å²) in [5.41, 5.74) is 3.37. The van der Waals surface area contributed by atoms with Crippen LogP contribution in [0, 0.1) is 0 Å². The minimum atomic E-state index is -0.633. The molecule has 9 heteroatoms. The molecule has 204 valence electrons. The number of fused-ring (bicyclic) bond motifs is 1. The molecule has 7 nitrogen and oxygen atoms in total. The van der Waals surface area contributed by atoms with Crippen molar-refractivity contribution in [2.75, 3.05) is 14.2 Å². The quantitative estimate of drug-likeness (QED) is 0.255. The maximum Gasteiger partial charge on any atom is 0.338 e. The van der Waals surface area contributed by atoms with Crippen molar-refractivity contribution in [2.24, 2.45) is 4.99 Å². The Morgan fingerprint density at radius 1 is 1.05 bits per heavy atom. The summed E-state index contributed by atoms with van der Waals surface area (Å²) in [5.74, 6) is 0.664. The van der Waals surface area contributed by atoms with Gasteiger partial charge in [-0.25, -0.2) is 9.79 Å². The second kappa shape index (κ2) is 12.1. The lowest BCUT2D eigenvalue weighted by atomic mass is 9.95. The number of esters is 1. The molecule has 1 atom stereocenters. The van der Waals surface area contributed by atoms with E-state index >= 15 is 0 Å². The zero-order valence-electron chi connectivity index (χ0n) is 22.2. The van der Waals surface area contributed by atoms with Gasteiger partial charge in [0.1, 0.15) is 6.61 Å². The summed E-state index contributed by atoms with van der Waals surface area (Å²) < 4.78 is 19.8. The maximum absolute atomic E-state index is 13.8. The van der Waals surface area contributed by atoms with E-state index in [-0.39, 0.29) is 5.56 Å². The molecule has 0 unspecified atom stereocenters. The Kier molecular flexibility index (Phi) is 8.32. The molecule has 0 saturated heterocycles. The molecular weight excluding hydrogens is 592 g/mol. The van der Waals surface area contributed by atoms with Crippen LogP contribution >= 0.6 is 27.3 Å². The highest BCUT2D eigenvalue weighted by Gasteiger charge is 2.33. The molecule has 0 bridgehead atoms. The third kappa shape index (κ3) is 5.52. The van der Waals surface area contributed by atoms with Crippen molar-refractivity contribution in [1.29, 1.82) is 0 Å². The summed E-state index contributed by atoms with van der Waals surface area (Å²) in [7, 11) is 2.93. The van der Waals surface area contributed by atoms with Gasteiger partial charge in [0.25, 0.3) is 5.56 Å². The molecule has 0 N–H and O–H groups in total. The fourth-order valence-electron chi connectivity index (χ4n) is 4.60. The van der Waals surface area contributed by atoms with Gasteiger partial charge in [-0.15, -0.1) is 0 Å². The average molecular weight is 620 g/mol. The second-order valence-electron chi connectivity index (χ2n) is 9.02. The monoisotopic (exact) mass is 618 g/mol. The highest BCUT2D eigenvalue weighted by molar-refractivity contribution is 9.10. The van der Waals surface area contributed by atoms with E-state index in [0.717, 1.165) is 21.2 Å². The standard InChI is InChI=1S/C31H27BrN2O5S/c1-4-23-27(30(36)38-3)28(21-8-6-5-7-9-21)34-29(35)26(40-31(34)33-23)17-20-12-15-24(25(16-20)37-2)39-18-19-10-13-22(32)14-11-19/h5-17,28H,4,18H2,1-3H3/b26-17-/t28-/m1/s1. The first-order valence-electron chi connectivity index (χ1n) is 12.7. The van der Waals surface area contributed by atoms with Crippen LogP contribution in [0.2, 0.25) is 0 Å². The van der Waals surface area contributed by atoms with E-state index in [4.69, 9.17) is 19.2 Å². The first-order chi connectivity index (χ1) is 19.4. The smallest absolute Gasteiger partial charge is 0.338 e. The molecule has 0 saturated carbocycles. The Morgan fingerprint density at radius 2 is 1.80 bits per heavy atom. The summed E-state index contributed by atoms with van der Waals surface area (Å²) >= 11 is 4.73. The van der Waals surface area contributed by atoms with Gasteiger partial charge >= 0.3 is 5.97 Å². The third-order valence-electron chi connectivity index (χ3n) is 6.56. The van der Waals surface area contributed by atoms with Crippen LogP contribution in [0.1, 0.15) is 36.1 Å². The van der Waals surface area contributed by atoms with Gasteiger partial charge in [0, 0.05) is 4.47 Å². The van der Waals surface area contributed by atoms with Gasteiger partial charge in [-0.05, 0) is 53.5 Å². The maximum atomic E-state index is 13.8. The second-order valence-corrected chi connectivity index (χ2v) is 10.9. The number of allylic oxidation sites excluding steroid dienone is 1. The number of thiazole rings is 1. The van der Waals surface area contributed by atoms with Crippen molar-refractivity contribution in [3.05, 3.63) is 125 Å². The van der Waals surface area contributed by atoms with Gasteiger partial charge < -0.3 is 14.2 Å². The predicted octanol–water partition coefficient (Wildman–Crippen LogP) is 5.15. The highest BCUT2D eigenvalue weighted by atomic mass is 79.9. The molecule has 2 heterocycles. The van der Waals surface area contributed by atoms with Crippen LogP contribution in [0.15, 0.2) is 98.3 Å². The Labute approximate surface area is 243 Å². The third-order valence-corrected chi connectivity index (χ3v) is 8.07. The van der Waals surface area contributed by atoms with E-state index in [9.17, 15) is 9.59 Å². The summed E-state index contributed by atoms with van der Waals surface area (Å²) in [6.45, 7) is 2.33. The number of nitrogens with zero attached hydrogens (tertiary/aromatic N) is 2. The van der Waals surface area contributed by atoms with E-state index in [0.29, 0.717) is 45.1 Å². The summed E-state index contributed by atoms with van der Waals surface area (Å²) in [4.78, 5) is 32.0. The number of ether oxygens (including phenoxy) is 3. The lowest BCUT2D eigenvalue weighted by Crippen LogP contribution is -2.40. The Morgan fingerprint density at radius 3 is 2.48 bits per heavy atom. The number of benzene rings is 3. The van der Waals surface area contributed by atoms with Crippen molar-refractivity contribution in [3.8, 4) is 11.5 Å². The zero-order chi connectivity index (χ0) is 28.2. The average Bonchev–Trinajstić information content (AvgIpc) is 3.30. The summed E-state index contributed by atoms with van der Waals surface area (Å²) in [6, 6.07) is 22.3. The number of methoxy groups -OCH3 is 2. The van der Waals surface area contributed by atoms with Gasteiger partial charge in [-0.2, -0.15) is 0 Å². The van der Waals surface area contributed by atoms with Crippen molar-refractivity contribution in [3.63, 3.8) is 0 Å². The molecule has 1 aromatic heterocycles. The van der Waals surface area contributed by atoms with Crippen LogP contribution in [-0.4, -0.2) is 24.8 Å².